The van der Waals surface area contributed by atoms with E-state index in [2.05, 4.69) is 5.32 Å². The quantitative estimate of drug-likeness (QED) is 0.762. The number of urea groups is 1. The van der Waals surface area contributed by atoms with Gasteiger partial charge in [0.25, 0.3) is 0 Å². The fourth-order valence-corrected chi connectivity index (χ4v) is 2.52. The molecule has 6 nitrogen and oxygen atoms in total. The van der Waals surface area contributed by atoms with Crippen LogP contribution in [0.25, 0.3) is 0 Å². The number of aliphatic hydroxyl groups excluding tert-OH is 1. The number of carbonyl (C=O) groups excluding carboxylic acids is 2. The molecule has 1 saturated heterocycles. The van der Waals surface area contributed by atoms with Crippen LogP contribution in [0.1, 0.15) is 28.8 Å². The van der Waals surface area contributed by atoms with Crippen LogP contribution >= 0.6 is 0 Å². The maximum absolute atomic E-state index is 12.1. The number of nitrogens with zero attached hydrogens (tertiary/aromatic N) is 1. The molecule has 6 heteroatoms. The van der Waals surface area contributed by atoms with Crippen molar-refractivity contribution in [2.24, 2.45) is 11.7 Å². The van der Waals surface area contributed by atoms with Crippen LogP contribution in [-0.4, -0.2) is 41.6 Å². The molecule has 1 aromatic rings. The highest BCUT2D eigenvalue weighted by Gasteiger charge is 2.22. The van der Waals surface area contributed by atoms with Gasteiger partial charge in [0.15, 0.2) is 0 Å². The Bertz CT molecular complexity index is 519. The number of hydrogen-bond donors (Lipinski definition) is 3. The third-order valence-corrected chi connectivity index (χ3v) is 3.72. The number of carbonyl (C=O) groups is 2. The minimum Gasteiger partial charge on any atom is -0.396 e. The molecule has 1 atom stereocenters. The van der Waals surface area contributed by atoms with E-state index in [1.54, 1.807) is 23.1 Å². The zero-order valence-corrected chi connectivity index (χ0v) is 11.9. The van der Waals surface area contributed by atoms with Crippen LogP contribution in [0.5, 0.6) is 0 Å². The molecule has 0 spiro atoms. The summed E-state index contributed by atoms with van der Waals surface area (Å²) in [5, 5.41) is 12.0. The highest BCUT2D eigenvalue weighted by Crippen LogP contribution is 2.15. The molecule has 0 saturated carbocycles. The number of amides is 3. The molecule has 0 bridgehead atoms. The average Bonchev–Trinajstić information content (AvgIpc) is 2.53. The lowest BCUT2D eigenvalue weighted by molar-refractivity contribution is 0.1000. The Hall–Kier alpha value is -2.08. The highest BCUT2D eigenvalue weighted by molar-refractivity contribution is 5.92. The Balaban J connectivity index is 1.89. The van der Waals surface area contributed by atoms with Gasteiger partial charge in [0.1, 0.15) is 0 Å². The van der Waals surface area contributed by atoms with Crippen molar-refractivity contribution in [3.05, 3.63) is 35.4 Å². The molecular formula is C15H21N3O3. The van der Waals surface area contributed by atoms with Crippen molar-refractivity contribution < 1.29 is 14.7 Å². The monoisotopic (exact) mass is 291 g/mol. The fraction of sp³-hybridized carbons (Fsp3) is 0.467. The molecule has 1 aliphatic rings. The number of nitrogens with two attached hydrogens (primary N) is 1. The first kappa shape index (κ1) is 15.3. The van der Waals surface area contributed by atoms with Gasteiger partial charge in [0.05, 0.1) is 0 Å². The van der Waals surface area contributed by atoms with Crippen LogP contribution in [0, 0.1) is 5.92 Å². The van der Waals surface area contributed by atoms with Crippen LogP contribution in [0.2, 0.25) is 0 Å². The van der Waals surface area contributed by atoms with Gasteiger partial charge in [-0.2, -0.15) is 0 Å². The third-order valence-electron chi connectivity index (χ3n) is 3.72. The minimum atomic E-state index is -0.481. The van der Waals surface area contributed by atoms with Gasteiger partial charge in [0.2, 0.25) is 5.91 Å². The van der Waals surface area contributed by atoms with Crippen molar-refractivity contribution in [3.8, 4) is 0 Å². The maximum atomic E-state index is 12.1. The van der Waals surface area contributed by atoms with Gasteiger partial charge < -0.3 is 21.1 Å². The van der Waals surface area contributed by atoms with Crippen LogP contribution in [0.3, 0.4) is 0 Å². The Morgan fingerprint density at radius 1 is 1.43 bits per heavy atom. The lowest BCUT2D eigenvalue weighted by atomic mass is 9.99. The molecule has 21 heavy (non-hydrogen) atoms. The minimum absolute atomic E-state index is 0.116. The molecule has 0 aliphatic carbocycles. The molecule has 114 valence electrons. The molecule has 1 unspecified atom stereocenters. The van der Waals surface area contributed by atoms with Crippen molar-refractivity contribution in [3.63, 3.8) is 0 Å². The molecule has 4 N–H and O–H groups in total. The summed E-state index contributed by atoms with van der Waals surface area (Å²) in [4.78, 5) is 24.9. The number of benzene rings is 1. The summed E-state index contributed by atoms with van der Waals surface area (Å²) in [5.41, 5.74) is 6.49. The Labute approximate surface area is 123 Å². The number of piperidine rings is 1. The molecule has 0 radical (unpaired) electrons. The summed E-state index contributed by atoms with van der Waals surface area (Å²) in [7, 11) is 0. The standard InChI is InChI=1S/C15H21N3O3/c16-14(20)13-5-1-3-11(7-13)8-17-15(21)18-6-2-4-12(9-18)10-19/h1,3,5,7,12,19H,2,4,6,8-10H2,(H2,16,20)(H,17,21). The first-order chi connectivity index (χ1) is 10.1. The number of aliphatic hydroxyl groups is 1. The summed E-state index contributed by atoms with van der Waals surface area (Å²) in [6.07, 6.45) is 1.87. The largest absolute Gasteiger partial charge is 0.396 e. The van der Waals surface area contributed by atoms with E-state index in [9.17, 15) is 14.7 Å². The van der Waals surface area contributed by atoms with Crippen molar-refractivity contribution >= 4 is 11.9 Å². The van der Waals surface area contributed by atoms with Gasteiger partial charge in [-0.15, -0.1) is 0 Å². The van der Waals surface area contributed by atoms with E-state index < -0.39 is 5.91 Å². The first-order valence-electron chi connectivity index (χ1n) is 7.12. The van der Waals surface area contributed by atoms with Crippen LogP contribution in [-0.2, 0) is 6.54 Å². The van der Waals surface area contributed by atoms with Gasteiger partial charge in [0, 0.05) is 31.8 Å². The Morgan fingerprint density at radius 2 is 2.24 bits per heavy atom. The van der Waals surface area contributed by atoms with Crippen LogP contribution < -0.4 is 11.1 Å². The normalized spacial score (nSPS) is 18.3. The van der Waals surface area contributed by atoms with Crippen molar-refractivity contribution in [1.82, 2.24) is 10.2 Å². The molecule has 1 fully saturated rings. The summed E-state index contributed by atoms with van der Waals surface area (Å²) < 4.78 is 0. The highest BCUT2D eigenvalue weighted by atomic mass is 16.3. The van der Waals surface area contributed by atoms with Crippen molar-refractivity contribution in [1.29, 1.82) is 0 Å². The van der Waals surface area contributed by atoms with E-state index in [-0.39, 0.29) is 18.6 Å². The molecule has 2 rings (SSSR count). The number of nitrogens with one attached hydrogen (secondary N) is 1. The summed E-state index contributed by atoms with van der Waals surface area (Å²) >= 11 is 0. The van der Waals surface area contributed by atoms with Crippen molar-refractivity contribution in [2.45, 2.75) is 19.4 Å². The second-order valence-electron chi connectivity index (χ2n) is 5.36. The van der Waals surface area contributed by atoms with Gasteiger partial charge in [-0.3, -0.25) is 4.79 Å². The number of rotatable bonds is 4. The smallest absolute Gasteiger partial charge is 0.317 e. The molecule has 1 aromatic carbocycles. The number of hydrogen-bond acceptors (Lipinski definition) is 3. The van der Waals surface area contributed by atoms with E-state index in [1.807, 2.05) is 6.07 Å². The van der Waals surface area contributed by atoms with E-state index in [4.69, 9.17) is 5.73 Å². The lowest BCUT2D eigenvalue weighted by Gasteiger charge is -2.31. The van der Waals surface area contributed by atoms with E-state index in [0.29, 0.717) is 25.2 Å². The number of likely N-dealkylation sites (tertiary alicyclic amines) is 1. The predicted molar refractivity (Wildman–Crippen MR) is 78.6 cm³/mol. The summed E-state index contributed by atoms with van der Waals surface area (Å²) in [6.45, 7) is 1.76. The van der Waals surface area contributed by atoms with Gasteiger partial charge in [-0.25, -0.2) is 4.79 Å². The topological polar surface area (TPSA) is 95.7 Å². The van der Waals surface area contributed by atoms with Gasteiger partial charge in [-0.1, -0.05) is 12.1 Å². The SMILES string of the molecule is NC(=O)c1cccc(CNC(=O)N2CCCC(CO)C2)c1. The summed E-state index contributed by atoms with van der Waals surface area (Å²) in [6, 6.07) is 6.75. The van der Waals surface area contributed by atoms with E-state index in [1.165, 1.54) is 0 Å². The van der Waals surface area contributed by atoms with Crippen LogP contribution in [0.4, 0.5) is 4.79 Å². The Kier molecular flexibility index (Phi) is 5.16. The van der Waals surface area contributed by atoms with Gasteiger partial charge in [-0.05, 0) is 36.5 Å². The molecule has 1 aliphatic heterocycles. The van der Waals surface area contributed by atoms with E-state index >= 15 is 0 Å². The second kappa shape index (κ2) is 7.08. The van der Waals surface area contributed by atoms with Crippen molar-refractivity contribution in [2.75, 3.05) is 19.7 Å². The lowest BCUT2D eigenvalue weighted by Crippen LogP contribution is -2.45. The predicted octanol–water partition coefficient (Wildman–Crippen LogP) is 0.699. The van der Waals surface area contributed by atoms with Crippen LogP contribution in [0.15, 0.2) is 24.3 Å². The first-order valence-corrected chi connectivity index (χ1v) is 7.12. The Morgan fingerprint density at radius 3 is 2.95 bits per heavy atom. The second-order valence-corrected chi connectivity index (χ2v) is 5.36. The average molecular weight is 291 g/mol. The maximum Gasteiger partial charge on any atom is 0.317 e. The molecular weight excluding hydrogens is 270 g/mol. The zero-order chi connectivity index (χ0) is 15.2. The molecule has 1 heterocycles. The molecule has 0 aromatic heterocycles. The number of primary amides is 1. The molecule has 3 amide bonds. The van der Waals surface area contributed by atoms with Gasteiger partial charge >= 0.3 is 6.03 Å². The zero-order valence-electron chi connectivity index (χ0n) is 11.9. The fourth-order valence-electron chi connectivity index (χ4n) is 2.52. The third kappa shape index (κ3) is 4.19. The van der Waals surface area contributed by atoms with E-state index in [0.717, 1.165) is 18.4 Å². The summed E-state index contributed by atoms with van der Waals surface area (Å²) in [5.74, 6) is -0.312.